The predicted molar refractivity (Wildman–Crippen MR) is 104 cm³/mol. The summed E-state index contributed by atoms with van der Waals surface area (Å²) < 4.78 is 10.7. The lowest BCUT2D eigenvalue weighted by Crippen LogP contribution is -2.36. The van der Waals surface area contributed by atoms with Crippen molar-refractivity contribution >= 4 is 5.96 Å². The van der Waals surface area contributed by atoms with Gasteiger partial charge in [0.15, 0.2) is 5.96 Å². The summed E-state index contributed by atoms with van der Waals surface area (Å²) in [7, 11) is 3.27. The highest BCUT2D eigenvalue weighted by Gasteiger charge is 2.08. The first-order chi connectivity index (χ1) is 13.2. The Morgan fingerprint density at radius 2 is 1.93 bits per heavy atom. The van der Waals surface area contributed by atoms with Gasteiger partial charge in [0.05, 0.1) is 19.3 Å². The molecule has 27 heavy (non-hydrogen) atoms. The molecule has 7 heteroatoms. The van der Waals surface area contributed by atoms with Crippen LogP contribution in [-0.2, 0) is 13.1 Å². The van der Waals surface area contributed by atoms with E-state index >= 15 is 0 Å². The van der Waals surface area contributed by atoms with Crippen LogP contribution in [-0.4, -0.2) is 30.2 Å². The summed E-state index contributed by atoms with van der Waals surface area (Å²) >= 11 is 0. The van der Waals surface area contributed by atoms with Crippen LogP contribution in [0.15, 0.2) is 64.2 Å². The molecule has 0 unspecified atom stereocenters. The minimum Gasteiger partial charge on any atom is -0.508 e. The number of phenolic OH excluding ortho intramolecular Hbond substituents is 1. The van der Waals surface area contributed by atoms with Crippen LogP contribution in [0.1, 0.15) is 11.3 Å². The minimum atomic E-state index is 0.197. The normalized spacial score (nSPS) is 11.3. The first kappa shape index (κ1) is 18.3. The van der Waals surface area contributed by atoms with Crippen molar-refractivity contribution in [3.05, 3.63) is 66.1 Å². The van der Waals surface area contributed by atoms with Crippen LogP contribution in [0.25, 0.3) is 11.5 Å². The van der Waals surface area contributed by atoms with Crippen molar-refractivity contribution in [3.8, 4) is 23.0 Å². The van der Waals surface area contributed by atoms with Crippen LogP contribution in [0.4, 0.5) is 0 Å². The third kappa shape index (κ3) is 4.78. The zero-order valence-electron chi connectivity index (χ0n) is 15.3. The van der Waals surface area contributed by atoms with Crippen molar-refractivity contribution in [1.82, 2.24) is 15.6 Å². The average Bonchev–Trinajstić information content (AvgIpc) is 3.19. The largest absolute Gasteiger partial charge is 0.508 e. The number of hydrogen-bond donors (Lipinski definition) is 3. The Hall–Kier alpha value is -3.48. The van der Waals surface area contributed by atoms with E-state index in [2.05, 4.69) is 20.6 Å². The molecule has 0 spiro atoms. The second-order valence-corrected chi connectivity index (χ2v) is 5.78. The van der Waals surface area contributed by atoms with Gasteiger partial charge in [-0.15, -0.1) is 0 Å². The predicted octanol–water partition coefficient (Wildman–Crippen LogP) is 2.92. The number of ether oxygens (including phenoxy) is 1. The second kappa shape index (κ2) is 8.75. The monoisotopic (exact) mass is 366 g/mol. The minimum absolute atomic E-state index is 0.197. The highest BCUT2D eigenvalue weighted by atomic mass is 16.5. The number of methoxy groups -OCH3 is 1. The van der Waals surface area contributed by atoms with Gasteiger partial charge in [-0.25, -0.2) is 4.98 Å². The molecule has 0 atom stereocenters. The Balaban J connectivity index is 1.56. The second-order valence-electron chi connectivity index (χ2n) is 5.78. The molecule has 0 amide bonds. The smallest absolute Gasteiger partial charge is 0.226 e. The summed E-state index contributed by atoms with van der Waals surface area (Å²) in [6.07, 6.45) is 1.62. The third-order valence-corrected chi connectivity index (χ3v) is 3.97. The molecular weight excluding hydrogens is 344 g/mol. The fraction of sp³-hybridized carbons (Fsp3) is 0.200. The molecular formula is C20H22N4O3. The molecule has 140 valence electrons. The van der Waals surface area contributed by atoms with Crippen molar-refractivity contribution in [1.29, 1.82) is 0 Å². The number of guanidine groups is 1. The molecule has 0 fully saturated rings. The van der Waals surface area contributed by atoms with Crippen LogP contribution in [0.5, 0.6) is 11.5 Å². The number of aliphatic imine (C=N–C) groups is 1. The Morgan fingerprint density at radius 3 is 2.67 bits per heavy atom. The first-order valence-corrected chi connectivity index (χ1v) is 8.50. The van der Waals surface area contributed by atoms with E-state index in [0.29, 0.717) is 36.3 Å². The Morgan fingerprint density at radius 1 is 1.15 bits per heavy atom. The maximum Gasteiger partial charge on any atom is 0.226 e. The molecule has 3 N–H and O–H groups in total. The number of phenols is 1. The molecule has 0 aliphatic heterocycles. The van der Waals surface area contributed by atoms with Crippen molar-refractivity contribution < 1.29 is 14.3 Å². The first-order valence-electron chi connectivity index (χ1n) is 8.50. The average molecular weight is 366 g/mol. The van der Waals surface area contributed by atoms with Crippen LogP contribution in [0, 0.1) is 0 Å². The Kier molecular flexibility index (Phi) is 5.94. The maximum atomic E-state index is 9.96. The van der Waals surface area contributed by atoms with Gasteiger partial charge in [-0.2, -0.15) is 0 Å². The van der Waals surface area contributed by atoms with Crippen LogP contribution < -0.4 is 15.4 Å². The summed E-state index contributed by atoms with van der Waals surface area (Å²) in [5.74, 6) is 2.05. The number of rotatable bonds is 6. The standard InChI is InChI=1S/C20H22N4O3/c1-21-20(22-11-15-10-17(26-2)8-9-18(15)25)23-12-16-13-27-19(24-16)14-6-4-3-5-7-14/h3-10,13,25H,11-12H2,1-2H3,(H2,21,22,23). The van der Waals surface area contributed by atoms with E-state index in [4.69, 9.17) is 9.15 Å². The number of oxazole rings is 1. The van der Waals surface area contributed by atoms with E-state index in [1.54, 1.807) is 38.6 Å². The quantitative estimate of drug-likeness (QED) is 0.459. The van der Waals surface area contributed by atoms with Gasteiger partial charge in [0.1, 0.15) is 17.8 Å². The third-order valence-electron chi connectivity index (χ3n) is 3.97. The van der Waals surface area contributed by atoms with E-state index in [-0.39, 0.29) is 5.75 Å². The molecule has 7 nitrogen and oxygen atoms in total. The van der Waals surface area contributed by atoms with Gasteiger partial charge < -0.3 is 24.9 Å². The van der Waals surface area contributed by atoms with E-state index in [1.165, 1.54) is 0 Å². The molecule has 0 saturated heterocycles. The molecule has 0 aliphatic rings. The number of nitrogens with one attached hydrogen (secondary N) is 2. The fourth-order valence-electron chi connectivity index (χ4n) is 2.51. The molecule has 1 aromatic heterocycles. The molecule has 0 aliphatic carbocycles. The van der Waals surface area contributed by atoms with Gasteiger partial charge in [0, 0.05) is 24.7 Å². The van der Waals surface area contributed by atoms with E-state index in [0.717, 1.165) is 11.3 Å². The van der Waals surface area contributed by atoms with Crippen LogP contribution in [0.2, 0.25) is 0 Å². The summed E-state index contributed by atoms with van der Waals surface area (Å²) in [4.78, 5) is 8.65. The summed E-state index contributed by atoms with van der Waals surface area (Å²) in [5, 5.41) is 16.3. The molecule has 1 heterocycles. The lowest BCUT2D eigenvalue weighted by molar-refractivity contribution is 0.410. The Bertz CT molecular complexity index is 907. The van der Waals surface area contributed by atoms with E-state index in [1.807, 2.05) is 30.3 Å². The fourth-order valence-corrected chi connectivity index (χ4v) is 2.51. The van der Waals surface area contributed by atoms with Crippen LogP contribution >= 0.6 is 0 Å². The molecule has 3 aromatic rings. The van der Waals surface area contributed by atoms with Crippen molar-refractivity contribution in [2.24, 2.45) is 4.99 Å². The van der Waals surface area contributed by atoms with Crippen molar-refractivity contribution in [2.75, 3.05) is 14.2 Å². The van der Waals surface area contributed by atoms with Gasteiger partial charge in [-0.3, -0.25) is 4.99 Å². The zero-order valence-corrected chi connectivity index (χ0v) is 15.3. The Labute approximate surface area is 157 Å². The number of aromatic hydroxyl groups is 1. The number of hydrogen-bond acceptors (Lipinski definition) is 5. The van der Waals surface area contributed by atoms with Gasteiger partial charge in [0.2, 0.25) is 5.89 Å². The van der Waals surface area contributed by atoms with Crippen molar-refractivity contribution in [2.45, 2.75) is 13.1 Å². The van der Waals surface area contributed by atoms with E-state index in [9.17, 15) is 5.11 Å². The molecule has 0 saturated carbocycles. The number of nitrogens with zero attached hydrogens (tertiary/aromatic N) is 2. The summed E-state index contributed by atoms with van der Waals surface area (Å²) in [6.45, 7) is 0.858. The highest BCUT2D eigenvalue weighted by Crippen LogP contribution is 2.22. The molecule has 2 aromatic carbocycles. The van der Waals surface area contributed by atoms with Gasteiger partial charge in [-0.1, -0.05) is 18.2 Å². The highest BCUT2D eigenvalue weighted by molar-refractivity contribution is 5.79. The van der Waals surface area contributed by atoms with Crippen molar-refractivity contribution in [3.63, 3.8) is 0 Å². The van der Waals surface area contributed by atoms with Gasteiger partial charge in [0.25, 0.3) is 0 Å². The van der Waals surface area contributed by atoms with Crippen LogP contribution in [0.3, 0.4) is 0 Å². The zero-order chi connectivity index (χ0) is 19.1. The lowest BCUT2D eigenvalue weighted by atomic mass is 10.2. The van der Waals surface area contributed by atoms with Gasteiger partial charge >= 0.3 is 0 Å². The number of benzene rings is 2. The van der Waals surface area contributed by atoms with E-state index < -0.39 is 0 Å². The number of aromatic nitrogens is 1. The topological polar surface area (TPSA) is 91.9 Å². The molecule has 3 rings (SSSR count). The molecule has 0 radical (unpaired) electrons. The maximum absolute atomic E-state index is 9.96. The molecule has 0 bridgehead atoms. The summed E-state index contributed by atoms with van der Waals surface area (Å²) in [5.41, 5.74) is 2.41. The van der Waals surface area contributed by atoms with Gasteiger partial charge in [-0.05, 0) is 30.3 Å². The summed E-state index contributed by atoms with van der Waals surface area (Å²) in [6, 6.07) is 14.8. The SMILES string of the molecule is CN=C(NCc1coc(-c2ccccc2)n1)NCc1cc(OC)ccc1O. The lowest BCUT2D eigenvalue weighted by Gasteiger charge is -2.12.